The van der Waals surface area contributed by atoms with Crippen LogP contribution in [0.15, 0.2) is 18.7 Å². The van der Waals surface area contributed by atoms with Gasteiger partial charge in [-0.3, -0.25) is 4.79 Å². The van der Waals surface area contributed by atoms with Crippen LogP contribution in [-0.2, 0) is 0 Å². The summed E-state index contributed by atoms with van der Waals surface area (Å²) < 4.78 is 0. The van der Waals surface area contributed by atoms with Crippen LogP contribution in [0.5, 0.6) is 0 Å². The highest BCUT2D eigenvalue weighted by atomic mass is 16.1. The Morgan fingerprint density at radius 2 is 2.07 bits per heavy atom. The number of Topliss-reactive ketones (excluding diaryl/α,β-unsaturated/α-hetero) is 1. The third kappa shape index (κ3) is 3.24. The molecule has 0 saturated heterocycles. The predicted molar refractivity (Wildman–Crippen MR) is 55.1 cm³/mol. The van der Waals surface area contributed by atoms with Gasteiger partial charge in [-0.25, -0.2) is 9.97 Å². The van der Waals surface area contributed by atoms with E-state index in [-0.39, 0.29) is 5.78 Å². The zero-order chi connectivity index (χ0) is 10.4. The van der Waals surface area contributed by atoms with Crippen LogP contribution in [0.4, 0.5) is 0 Å². The van der Waals surface area contributed by atoms with Gasteiger partial charge in [0.1, 0.15) is 6.33 Å². The molecule has 14 heavy (non-hydrogen) atoms. The molecule has 0 aliphatic heterocycles. The lowest BCUT2D eigenvalue weighted by Gasteiger charge is -2.07. The molecule has 1 heterocycles. The van der Waals surface area contributed by atoms with E-state index in [1.165, 1.54) is 6.33 Å². The molecule has 1 atom stereocenters. The summed E-state index contributed by atoms with van der Waals surface area (Å²) in [5.41, 5.74) is 0.621. The first-order valence-electron chi connectivity index (χ1n) is 5.02. The van der Waals surface area contributed by atoms with Crippen LogP contribution in [0.25, 0.3) is 0 Å². The van der Waals surface area contributed by atoms with Crippen LogP contribution in [0.1, 0.15) is 43.5 Å². The molecule has 0 amide bonds. The first-order chi connectivity index (χ1) is 6.74. The summed E-state index contributed by atoms with van der Waals surface area (Å²) >= 11 is 0. The normalized spacial score (nSPS) is 12.4. The van der Waals surface area contributed by atoms with Crippen molar-refractivity contribution in [2.75, 3.05) is 0 Å². The standard InChI is InChI=1S/C11H16N2O/c1-3-4-9(2)5-11(14)10-6-12-8-13-7-10/h6-9H,3-5H2,1-2H3. The lowest BCUT2D eigenvalue weighted by molar-refractivity contribution is 0.0962. The molecule has 0 spiro atoms. The van der Waals surface area contributed by atoms with Crippen molar-refractivity contribution in [3.63, 3.8) is 0 Å². The van der Waals surface area contributed by atoms with Crippen molar-refractivity contribution in [1.29, 1.82) is 0 Å². The number of ketones is 1. The highest BCUT2D eigenvalue weighted by Gasteiger charge is 2.10. The molecule has 0 saturated carbocycles. The minimum absolute atomic E-state index is 0.145. The van der Waals surface area contributed by atoms with Crippen molar-refractivity contribution in [3.8, 4) is 0 Å². The second kappa shape index (κ2) is 5.47. The molecule has 0 aliphatic rings. The number of carbonyl (C=O) groups excluding carboxylic acids is 1. The molecule has 1 aromatic rings. The Balaban J connectivity index is 2.51. The summed E-state index contributed by atoms with van der Waals surface area (Å²) in [4.78, 5) is 19.3. The van der Waals surface area contributed by atoms with Crippen LogP contribution >= 0.6 is 0 Å². The fraction of sp³-hybridized carbons (Fsp3) is 0.545. The van der Waals surface area contributed by atoms with Gasteiger partial charge in [-0.2, -0.15) is 0 Å². The zero-order valence-electron chi connectivity index (χ0n) is 8.73. The Bertz CT molecular complexity index is 285. The summed E-state index contributed by atoms with van der Waals surface area (Å²) in [6.45, 7) is 4.23. The Morgan fingerprint density at radius 1 is 1.43 bits per heavy atom. The van der Waals surface area contributed by atoms with Crippen molar-refractivity contribution < 1.29 is 4.79 Å². The Labute approximate surface area is 84.6 Å². The van der Waals surface area contributed by atoms with Gasteiger partial charge in [-0.15, -0.1) is 0 Å². The summed E-state index contributed by atoms with van der Waals surface area (Å²) in [7, 11) is 0. The van der Waals surface area contributed by atoms with Crippen molar-refractivity contribution in [3.05, 3.63) is 24.3 Å². The van der Waals surface area contributed by atoms with Gasteiger partial charge in [0.25, 0.3) is 0 Å². The quantitative estimate of drug-likeness (QED) is 0.673. The van der Waals surface area contributed by atoms with Crippen LogP contribution in [-0.4, -0.2) is 15.8 Å². The van der Waals surface area contributed by atoms with Crippen LogP contribution in [0.3, 0.4) is 0 Å². The van der Waals surface area contributed by atoms with Gasteiger partial charge in [0.15, 0.2) is 5.78 Å². The van der Waals surface area contributed by atoms with E-state index >= 15 is 0 Å². The monoisotopic (exact) mass is 192 g/mol. The number of aromatic nitrogens is 2. The minimum atomic E-state index is 0.145. The zero-order valence-corrected chi connectivity index (χ0v) is 8.73. The first-order valence-corrected chi connectivity index (χ1v) is 5.02. The molecule has 0 fully saturated rings. The Morgan fingerprint density at radius 3 is 2.64 bits per heavy atom. The Kier molecular flexibility index (Phi) is 4.23. The van der Waals surface area contributed by atoms with Gasteiger partial charge in [-0.1, -0.05) is 26.7 Å². The molecule has 3 heteroatoms. The molecule has 3 nitrogen and oxygen atoms in total. The van der Waals surface area contributed by atoms with E-state index in [2.05, 4.69) is 23.8 Å². The SMILES string of the molecule is CCCC(C)CC(=O)c1cncnc1. The summed E-state index contributed by atoms with van der Waals surface area (Å²) in [5.74, 6) is 0.597. The maximum Gasteiger partial charge on any atom is 0.166 e. The number of hydrogen-bond donors (Lipinski definition) is 0. The summed E-state index contributed by atoms with van der Waals surface area (Å²) in [6.07, 6.45) is 7.41. The van der Waals surface area contributed by atoms with E-state index in [1.54, 1.807) is 12.4 Å². The maximum atomic E-state index is 11.6. The second-order valence-electron chi connectivity index (χ2n) is 3.65. The average molecular weight is 192 g/mol. The third-order valence-corrected chi connectivity index (χ3v) is 2.20. The lowest BCUT2D eigenvalue weighted by Crippen LogP contribution is -2.06. The minimum Gasteiger partial charge on any atom is -0.294 e. The van der Waals surface area contributed by atoms with Gasteiger partial charge >= 0.3 is 0 Å². The molecule has 1 aromatic heterocycles. The molecule has 1 unspecified atom stereocenters. The van der Waals surface area contributed by atoms with Gasteiger partial charge < -0.3 is 0 Å². The van der Waals surface area contributed by atoms with Crippen LogP contribution in [0, 0.1) is 5.92 Å². The maximum absolute atomic E-state index is 11.6. The van der Waals surface area contributed by atoms with Crippen LogP contribution < -0.4 is 0 Å². The molecule has 76 valence electrons. The third-order valence-electron chi connectivity index (χ3n) is 2.20. The van der Waals surface area contributed by atoms with Crippen LogP contribution in [0.2, 0.25) is 0 Å². The van der Waals surface area contributed by atoms with E-state index in [1.807, 2.05) is 0 Å². The first kappa shape index (κ1) is 10.8. The van der Waals surface area contributed by atoms with E-state index in [0.717, 1.165) is 12.8 Å². The predicted octanol–water partition coefficient (Wildman–Crippen LogP) is 2.49. The van der Waals surface area contributed by atoms with Gasteiger partial charge in [0.05, 0.1) is 5.56 Å². The van der Waals surface area contributed by atoms with Crippen molar-refractivity contribution >= 4 is 5.78 Å². The van der Waals surface area contributed by atoms with E-state index in [9.17, 15) is 4.79 Å². The fourth-order valence-electron chi connectivity index (χ4n) is 1.47. The molecule has 0 radical (unpaired) electrons. The van der Waals surface area contributed by atoms with E-state index in [0.29, 0.717) is 17.9 Å². The number of nitrogens with zero attached hydrogens (tertiary/aromatic N) is 2. The van der Waals surface area contributed by atoms with E-state index in [4.69, 9.17) is 0 Å². The van der Waals surface area contributed by atoms with Crippen molar-refractivity contribution in [1.82, 2.24) is 9.97 Å². The molecule has 0 aliphatic carbocycles. The molecule has 0 aromatic carbocycles. The number of carbonyl (C=O) groups is 1. The largest absolute Gasteiger partial charge is 0.294 e. The summed E-state index contributed by atoms with van der Waals surface area (Å²) in [6, 6.07) is 0. The highest BCUT2D eigenvalue weighted by Crippen LogP contribution is 2.13. The lowest BCUT2D eigenvalue weighted by atomic mass is 9.97. The number of rotatable bonds is 5. The Hall–Kier alpha value is -1.25. The van der Waals surface area contributed by atoms with Crippen molar-refractivity contribution in [2.45, 2.75) is 33.1 Å². The second-order valence-corrected chi connectivity index (χ2v) is 3.65. The van der Waals surface area contributed by atoms with Gasteiger partial charge in [0.2, 0.25) is 0 Å². The topological polar surface area (TPSA) is 42.9 Å². The highest BCUT2D eigenvalue weighted by molar-refractivity contribution is 5.95. The molecule has 1 rings (SSSR count). The molecular weight excluding hydrogens is 176 g/mol. The summed E-state index contributed by atoms with van der Waals surface area (Å²) in [5, 5.41) is 0. The van der Waals surface area contributed by atoms with Gasteiger partial charge in [-0.05, 0) is 5.92 Å². The van der Waals surface area contributed by atoms with Gasteiger partial charge in [0, 0.05) is 18.8 Å². The molecule has 0 N–H and O–H groups in total. The number of hydrogen-bond acceptors (Lipinski definition) is 3. The smallest absolute Gasteiger partial charge is 0.166 e. The van der Waals surface area contributed by atoms with Crippen molar-refractivity contribution in [2.24, 2.45) is 5.92 Å². The average Bonchev–Trinajstić information content (AvgIpc) is 2.19. The molecular formula is C11H16N2O. The van der Waals surface area contributed by atoms with E-state index < -0.39 is 0 Å². The molecule has 0 bridgehead atoms. The fourth-order valence-corrected chi connectivity index (χ4v) is 1.47.